The third kappa shape index (κ3) is 3.45. The van der Waals surface area contributed by atoms with Gasteiger partial charge in [-0.25, -0.2) is 4.39 Å². The van der Waals surface area contributed by atoms with Crippen LogP contribution in [0.1, 0.15) is 13.3 Å². The van der Waals surface area contributed by atoms with Crippen LogP contribution in [0.4, 0.5) is 10.1 Å². The van der Waals surface area contributed by atoms with Crippen molar-refractivity contribution in [1.29, 1.82) is 0 Å². The molecule has 1 heterocycles. The average Bonchev–Trinajstić information content (AvgIpc) is 3.04. The van der Waals surface area contributed by atoms with Crippen molar-refractivity contribution in [1.82, 2.24) is 8.75 Å². The van der Waals surface area contributed by atoms with Crippen LogP contribution in [-0.2, 0) is 4.79 Å². The average molecular weight is 331 g/mol. The number of ether oxygens (including phenoxy) is 1. The molecule has 3 rings (SSSR count). The Labute approximate surface area is 136 Å². The summed E-state index contributed by atoms with van der Waals surface area (Å²) in [6.07, 6.45) is -0.198. The lowest BCUT2D eigenvalue weighted by Crippen LogP contribution is -2.32. The second-order valence-corrected chi connectivity index (χ2v) is 5.42. The van der Waals surface area contributed by atoms with E-state index in [0.717, 1.165) is 17.2 Å². The first kappa shape index (κ1) is 15.4. The Bertz CT molecular complexity index is 820. The molecule has 118 valence electrons. The quantitative estimate of drug-likeness (QED) is 0.775. The van der Waals surface area contributed by atoms with Crippen LogP contribution in [0.25, 0.3) is 11.0 Å². The number of rotatable bonds is 5. The first-order chi connectivity index (χ1) is 11.2. The molecule has 0 saturated carbocycles. The molecule has 23 heavy (non-hydrogen) atoms. The van der Waals surface area contributed by atoms with Crippen molar-refractivity contribution in [3.8, 4) is 5.75 Å². The number of fused-ring (bicyclic) bond motifs is 1. The molecular formula is C16H14FN3O2S. The fourth-order valence-corrected chi connectivity index (χ4v) is 2.67. The molecule has 7 heteroatoms. The minimum atomic E-state index is -0.678. The summed E-state index contributed by atoms with van der Waals surface area (Å²) in [7, 11) is 0. The standard InChI is InChI=1S/C16H14FN3O2S/c1-2-14(22-11-8-6-10(17)7-9-11)16(21)18-12-4-3-5-13-15(12)20-23-19-13/h3-9,14H,2H2,1H3,(H,18,21)/t14-/m0/s1. The predicted molar refractivity (Wildman–Crippen MR) is 87.2 cm³/mol. The van der Waals surface area contributed by atoms with Gasteiger partial charge >= 0.3 is 0 Å². The molecule has 3 aromatic rings. The fraction of sp³-hybridized carbons (Fsp3) is 0.188. The molecule has 0 radical (unpaired) electrons. The van der Waals surface area contributed by atoms with E-state index < -0.39 is 6.10 Å². The molecule has 1 N–H and O–H groups in total. The van der Waals surface area contributed by atoms with E-state index in [1.54, 1.807) is 12.1 Å². The van der Waals surface area contributed by atoms with Gasteiger partial charge in [0.1, 0.15) is 22.6 Å². The van der Waals surface area contributed by atoms with Gasteiger partial charge in [0, 0.05) is 0 Å². The van der Waals surface area contributed by atoms with E-state index in [9.17, 15) is 9.18 Å². The van der Waals surface area contributed by atoms with Gasteiger partial charge in [-0.3, -0.25) is 4.79 Å². The molecule has 5 nitrogen and oxygen atoms in total. The summed E-state index contributed by atoms with van der Waals surface area (Å²) in [4.78, 5) is 12.4. The summed E-state index contributed by atoms with van der Waals surface area (Å²) >= 11 is 1.09. The van der Waals surface area contributed by atoms with E-state index in [0.29, 0.717) is 23.4 Å². The summed E-state index contributed by atoms with van der Waals surface area (Å²) in [6.45, 7) is 1.85. The lowest BCUT2D eigenvalue weighted by atomic mass is 10.2. The molecule has 0 saturated heterocycles. The minimum absolute atomic E-state index is 0.280. The van der Waals surface area contributed by atoms with E-state index >= 15 is 0 Å². The van der Waals surface area contributed by atoms with Crippen molar-refractivity contribution in [2.45, 2.75) is 19.4 Å². The van der Waals surface area contributed by atoms with Crippen molar-refractivity contribution in [2.24, 2.45) is 0 Å². The number of carbonyl (C=O) groups excluding carboxylic acids is 1. The number of aromatic nitrogens is 2. The van der Waals surface area contributed by atoms with Crippen LogP contribution >= 0.6 is 11.7 Å². The summed E-state index contributed by atoms with van der Waals surface area (Å²) in [6, 6.07) is 11.0. The molecule has 0 aliphatic carbocycles. The lowest BCUT2D eigenvalue weighted by Gasteiger charge is -2.17. The topological polar surface area (TPSA) is 64.1 Å². The SMILES string of the molecule is CC[C@H](Oc1ccc(F)cc1)C(=O)Nc1cccc2nsnc12. The minimum Gasteiger partial charge on any atom is -0.481 e. The Hall–Kier alpha value is -2.54. The highest BCUT2D eigenvalue weighted by atomic mass is 32.1. The molecule has 0 bridgehead atoms. The maximum atomic E-state index is 12.9. The van der Waals surface area contributed by atoms with E-state index in [1.807, 2.05) is 13.0 Å². The predicted octanol–water partition coefficient (Wildman–Crippen LogP) is 3.63. The monoisotopic (exact) mass is 331 g/mol. The molecule has 1 atom stereocenters. The van der Waals surface area contributed by atoms with Gasteiger partial charge < -0.3 is 10.1 Å². The summed E-state index contributed by atoms with van der Waals surface area (Å²) in [5.41, 5.74) is 1.99. The van der Waals surface area contributed by atoms with Crippen molar-refractivity contribution in [3.05, 3.63) is 48.3 Å². The molecule has 0 unspecified atom stereocenters. The Morgan fingerprint density at radius 3 is 2.78 bits per heavy atom. The Balaban J connectivity index is 1.75. The zero-order valence-electron chi connectivity index (χ0n) is 12.3. The number of halogens is 1. The van der Waals surface area contributed by atoms with Gasteiger partial charge in [0.05, 0.1) is 17.4 Å². The summed E-state index contributed by atoms with van der Waals surface area (Å²) < 4.78 is 26.9. The third-order valence-corrected chi connectivity index (χ3v) is 3.84. The second kappa shape index (κ2) is 6.70. The number of benzene rings is 2. The number of amides is 1. The largest absolute Gasteiger partial charge is 0.481 e. The molecule has 0 spiro atoms. The number of hydrogen-bond donors (Lipinski definition) is 1. The number of anilines is 1. The Morgan fingerprint density at radius 2 is 2.04 bits per heavy atom. The summed E-state index contributed by atoms with van der Waals surface area (Å²) in [5.74, 6) is -0.184. The maximum absolute atomic E-state index is 12.9. The van der Waals surface area contributed by atoms with E-state index in [-0.39, 0.29) is 11.7 Å². The first-order valence-electron chi connectivity index (χ1n) is 7.11. The van der Waals surface area contributed by atoms with Crippen molar-refractivity contribution in [3.63, 3.8) is 0 Å². The zero-order chi connectivity index (χ0) is 16.2. The van der Waals surface area contributed by atoms with Crippen LogP contribution in [0.3, 0.4) is 0 Å². The molecule has 2 aromatic carbocycles. The molecule has 0 aliphatic rings. The van der Waals surface area contributed by atoms with Crippen LogP contribution in [0.15, 0.2) is 42.5 Å². The van der Waals surface area contributed by atoms with Crippen molar-refractivity contribution < 1.29 is 13.9 Å². The number of hydrogen-bond acceptors (Lipinski definition) is 5. The molecular weight excluding hydrogens is 317 g/mol. The molecule has 0 aliphatic heterocycles. The highest BCUT2D eigenvalue weighted by Gasteiger charge is 2.20. The van der Waals surface area contributed by atoms with Gasteiger partial charge in [0.15, 0.2) is 6.10 Å². The fourth-order valence-electron chi connectivity index (χ4n) is 2.12. The lowest BCUT2D eigenvalue weighted by molar-refractivity contribution is -0.122. The zero-order valence-corrected chi connectivity index (χ0v) is 13.1. The van der Waals surface area contributed by atoms with Crippen LogP contribution < -0.4 is 10.1 Å². The highest BCUT2D eigenvalue weighted by molar-refractivity contribution is 7.00. The van der Waals surface area contributed by atoms with Crippen LogP contribution in [-0.4, -0.2) is 20.8 Å². The van der Waals surface area contributed by atoms with Gasteiger partial charge in [-0.1, -0.05) is 13.0 Å². The van der Waals surface area contributed by atoms with Gasteiger partial charge in [0.25, 0.3) is 5.91 Å². The molecule has 1 aromatic heterocycles. The highest BCUT2D eigenvalue weighted by Crippen LogP contribution is 2.22. The maximum Gasteiger partial charge on any atom is 0.265 e. The number of nitrogens with one attached hydrogen (secondary N) is 1. The van der Waals surface area contributed by atoms with Crippen LogP contribution in [0.5, 0.6) is 5.75 Å². The van der Waals surface area contributed by atoms with E-state index in [4.69, 9.17) is 4.74 Å². The molecule has 0 fully saturated rings. The van der Waals surface area contributed by atoms with Gasteiger partial charge in [0.2, 0.25) is 0 Å². The van der Waals surface area contributed by atoms with Crippen molar-refractivity contribution in [2.75, 3.05) is 5.32 Å². The normalized spacial score (nSPS) is 12.1. The Morgan fingerprint density at radius 1 is 1.26 bits per heavy atom. The van der Waals surface area contributed by atoms with Gasteiger partial charge in [-0.2, -0.15) is 8.75 Å². The smallest absolute Gasteiger partial charge is 0.265 e. The van der Waals surface area contributed by atoms with E-state index in [2.05, 4.69) is 14.1 Å². The summed E-state index contributed by atoms with van der Waals surface area (Å²) in [5, 5.41) is 2.82. The van der Waals surface area contributed by atoms with Gasteiger partial charge in [-0.05, 0) is 42.8 Å². The first-order valence-corrected chi connectivity index (χ1v) is 7.85. The van der Waals surface area contributed by atoms with Crippen molar-refractivity contribution >= 4 is 34.4 Å². The number of nitrogens with zero attached hydrogens (tertiary/aromatic N) is 2. The second-order valence-electron chi connectivity index (χ2n) is 4.90. The van der Waals surface area contributed by atoms with Crippen LogP contribution in [0, 0.1) is 5.82 Å². The molecule has 1 amide bonds. The van der Waals surface area contributed by atoms with Gasteiger partial charge in [-0.15, -0.1) is 0 Å². The Kier molecular flexibility index (Phi) is 4.47. The van der Waals surface area contributed by atoms with E-state index in [1.165, 1.54) is 24.3 Å². The third-order valence-electron chi connectivity index (χ3n) is 3.30. The van der Waals surface area contributed by atoms with Crippen LogP contribution in [0.2, 0.25) is 0 Å². The number of carbonyl (C=O) groups is 1.